The summed E-state index contributed by atoms with van der Waals surface area (Å²) in [6.45, 7) is 6.58. The molecule has 1 aromatic rings. The van der Waals surface area contributed by atoms with E-state index in [-0.39, 0.29) is 0 Å². The molecule has 0 radical (unpaired) electrons. The maximum absolute atomic E-state index is 5.31. The summed E-state index contributed by atoms with van der Waals surface area (Å²) in [7, 11) is 1.68. The predicted molar refractivity (Wildman–Crippen MR) is 98.0 cm³/mol. The number of hydrogen-bond acceptors (Lipinski definition) is 2. The van der Waals surface area contributed by atoms with E-state index in [1.54, 1.807) is 7.11 Å². The molecule has 120 valence electrons. The van der Waals surface area contributed by atoms with Crippen molar-refractivity contribution in [3.8, 4) is 5.75 Å². The number of nitrogens with one attached hydrogen (secondary N) is 1. The Morgan fingerprint density at radius 1 is 1.05 bits per heavy atom. The Hall–Kier alpha value is -0.0600. The van der Waals surface area contributed by atoms with Crippen LogP contribution in [0.1, 0.15) is 51.5 Å². The molecule has 4 heteroatoms. The van der Waals surface area contributed by atoms with Gasteiger partial charge in [-0.3, -0.25) is 0 Å². The SMILES string of the molecule is COc1c(Br)cc(CNCCCCCCC(C)C)cc1Br. The van der Waals surface area contributed by atoms with Crippen molar-refractivity contribution in [1.82, 2.24) is 5.32 Å². The first kappa shape index (κ1) is 19.0. The fourth-order valence-corrected chi connectivity index (χ4v) is 3.90. The van der Waals surface area contributed by atoms with Gasteiger partial charge < -0.3 is 10.1 Å². The average molecular weight is 421 g/mol. The van der Waals surface area contributed by atoms with Gasteiger partial charge in [-0.2, -0.15) is 0 Å². The van der Waals surface area contributed by atoms with Crippen LogP contribution in [0.2, 0.25) is 0 Å². The van der Waals surface area contributed by atoms with E-state index in [0.717, 1.165) is 33.7 Å². The summed E-state index contributed by atoms with van der Waals surface area (Å²) in [6.07, 6.45) is 6.68. The van der Waals surface area contributed by atoms with Gasteiger partial charge in [-0.1, -0.05) is 39.5 Å². The Bertz CT molecular complexity index is 398. The Kier molecular flexibility index (Phi) is 9.61. The quantitative estimate of drug-likeness (QED) is 0.474. The van der Waals surface area contributed by atoms with E-state index >= 15 is 0 Å². The van der Waals surface area contributed by atoms with E-state index in [4.69, 9.17) is 4.74 Å². The molecular formula is C17H27Br2NO. The highest BCUT2D eigenvalue weighted by molar-refractivity contribution is 9.11. The summed E-state index contributed by atoms with van der Waals surface area (Å²) in [5.74, 6) is 1.69. The molecule has 0 unspecified atom stereocenters. The van der Waals surface area contributed by atoms with Crippen LogP contribution in [0.5, 0.6) is 5.75 Å². The van der Waals surface area contributed by atoms with E-state index in [1.807, 2.05) is 0 Å². The Balaban J connectivity index is 2.18. The minimum Gasteiger partial charge on any atom is -0.494 e. The monoisotopic (exact) mass is 419 g/mol. The van der Waals surface area contributed by atoms with Crippen LogP contribution in [0.15, 0.2) is 21.1 Å². The van der Waals surface area contributed by atoms with Crippen molar-refractivity contribution in [2.24, 2.45) is 5.92 Å². The molecule has 2 nitrogen and oxygen atoms in total. The van der Waals surface area contributed by atoms with Crippen LogP contribution in [-0.4, -0.2) is 13.7 Å². The van der Waals surface area contributed by atoms with Gasteiger partial charge in [0.25, 0.3) is 0 Å². The molecule has 0 amide bonds. The van der Waals surface area contributed by atoms with Crippen LogP contribution < -0.4 is 10.1 Å². The maximum atomic E-state index is 5.31. The van der Waals surface area contributed by atoms with E-state index in [9.17, 15) is 0 Å². The predicted octanol–water partition coefficient (Wildman–Crippen LogP) is 5.92. The second kappa shape index (κ2) is 10.6. The van der Waals surface area contributed by atoms with Gasteiger partial charge in [-0.05, 0) is 68.4 Å². The third-order valence-electron chi connectivity index (χ3n) is 3.48. The van der Waals surface area contributed by atoms with E-state index in [0.29, 0.717) is 0 Å². The lowest BCUT2D eigenvalue weighted by Crippen LogP contribution is -2.14. The van der Waals surface area contributed by atoms with Gasteiger partial charge >= 0.3 is 0 Å². The summed E-state index contributed by atoms with van der Waals surface area (Å²) in [4.78, 5) is 0. The highest BCUT2D eigenvalue weighted by Crippen LogP contribution is 2.34. The minimum absolute atomic E-state index is 0.843. The first-order valence-corrected chi connectivity index (χ1v) is 9.35. The highest BCUT2D eigenvalue weighted by atomic mass is 79.9. The molecular weight excluding hydrogens is 394 g/mol. The van der Waals surface area contributed by atoms with Crippen LogP contribution in [-0.2, 0) is 6.54 Å². The molecule has 0 aliphatic rings. The molecule has 1 aromatic carbocycles. The number of ether oxygens (including phenoxy) is 1. The highest BCUT2D eigenvalue weighted by Gasteiger charge is 2.07. The molecule has 1 N–H and O–H groups in total. The van der Waals surface area contributed by atoms with E-state index in [1.165, 1.54) is 37.7 Å². The van der Waals surface area contributed by atoms with Crippen molar-refractivity contribution in [1.29, 1.82) is 0 Å². The molecule has 0 heterocycles. The molecule has 0 saturated carbocycles. The van der Waals surface area contributed by atoms with Crippen molar-refractivity contribution in [3.63, 3.8) is 0 Å². The second-order valence-electron chi connectivity index (χ2n) is 5.87. The van der Waals surface area contributed by atoms with Gasteiger partial charge in [0.2, 0.25) is 0 Å². The lowest BCUT2D eigenvalue weighted by Gasteiger charge is -2.10. The Morgan fingerprint density at radius 2 is 1.67 bits per heavy atom. The molecule has 0 spiro atoms. The van der Waals surface area contributed by atoms with Gasteiger partial charge in [0.05, 0.1) is 16.1 Å². The summed E-state index contributed by atoms with van der Waals surface area (Å²) in [5.41, 5.74) is 1.26. The Morgan fingerprint density at radius 3 is 2.24 bits per heavy atom. The molecule has 0 aromatic heterocycles. The van der Waals surface area contributed by atoms with Gasteiger partial charge in [-0.15, -0.1) is 0 Å². The fourth-order valence-electron chi connectivity index (χ4n) is 2.30. The molecule has 21 heavy (non-hydrogen) atoms. The largest absolute Gasteiger partial charge is 0.494 e. The molecule has 0 saturated heterocycles. The molecule has 0 aliphatic carbocycles. The van der Waals surface area contributed by atoms with Crippen molar-refractivity contribution in [3.05, 3.63) is 26.6 Å². The van der Waals surface area contributed by atoms with Gasteiger partial charge in [0.15, 0.2) is 0 Å². The fraction of sp³-hybridized carbons (Fsp3) is 0.647. The number of halogens is 2. The van der Waals surface area contributed by atoms with E-state index < -0.39 is 0 Å². The van der Waals surface area contributed by atoms with Crippen molar-refractivity contribution in [2.75, 3.05) is 13.7 Å². The van der Waals surface area contributed by atoms with Crippen LogP contribution in [0.25, 0.3) is 0 Å². The zero-order chi connectivity index (χ0) is 15.7. The maximum Gasteiger partial charge on any atom is 0.147 e. The summed E-state index contributed by atoms with van der Waals surface area (Å²) >= 11 is 7.08. The first-order valence-electron chi connectivity index (χ1n) is 7.77. The number of rotatable bonds is 10. The lowest BCUT2D eigenvalue weighted by molar-refractivity contribution is 0.409. The summed E-state index contributed by atoms with van der Waals surface area (Å²) in [5, 5.41) is 3.51. The van der Waals surface area contributed by atoms with Crippen molar-refractivity contribution >= 4 is 31.9 Å². The van der Waals surface area contributed by atoms with Crippen molar-refractivity contribution in [2.45, 2.75) is 52.5 Å². The normalized spacial score (nSPS) is 11.1. The average Bonchev–Trinajstić information content (AvgIpc) is 2.41. The number of methoxy groups -OCH3 is 1. The third kappa shape index (κ3) is 7.66. The number of unbranched alkanes of at least 4 members (excludes halogenated alkanes) is 3. The molecule has 0 bridgehead atoms. The van der Waals surface area contributed by atoms with Gasteiger partial charge in [0, 0.05) is 6.54 Å². The summed E-state index contributed by atoms with van der Waals surface area (Å²) < 4.78 is 7.30. The zero-order valence-electron chi connectivity index (χ0n) is 13.3. The van der Waals surface area contributed by atoms with Crippen LogP contribution in [0.4, 0.5) is 0 Å². The van der Waals surface area contributed by atoms with Crippen molar-refractivity contribution < 1.29 is 4.74 Å². The number of benzene rings is 1. The van der Waals surface area contributed by atoms with Gasteiger partial charge in [-0.25, -0.2) is 0 Å². The second-order valence-corrected chi connectivity index (χ2v) is 7.57. The van der Waals surface area contributed by atoms with Crippen LogP contribution in [0, 0.1) is 5.92 Å². The minimum atomic E-state index is 0.843. The van der Waals surface area contributed by atoms with E-state index in [2.05, 4.69) is 63.2 Å². The van der Waals surface area contributed by atoms with Crippen LogP contribution in [0.3, 0.4) is 0 Å². The van der Waals surface area contributed by atoms with Gasteiger partial charge in [0.1, 0.15) is 5.75 Å². The molecule has 0 fully saturated rings. The molecule has 0 aliphatic heterocycles. The number of hydrogen-bond donors (Lipinski definition) is 1. The molecule has 0 atom stereocenters. The third-order valence-corrected chi connectivity index (χ3v) is 4.65. The lowest BCUT2D eigenvalue weighted by atomic mass is 10.0. The smallest absolute Gasteiger partial charge is 0.147 e. The Labute approximate surface area is 146 Å². The first-order chi connectivity index (χ1) is 10.0. The summed E-state index contributed by atoms with van der Waals surface area (Å²) in [6, 6.07) is 4.22. The van der Waals surface area contributed by atoms with Crippen LogP contribution >= 0.6 is 31.9 Å². The molecule has 1 rings (SSSR count). The standard InChI is InChI=1S/C17H27Br2NO/c1-13(2)8-6-4-5-7-9-20-12-14-10-15(18)17(21-3)16(19)11-14/h10-11,13,20H,4-9,12H2,1-3H3. The zero-order valence-corrected chi connectivity index (χ0v) is 16.5. The topological polar surface area (TPSA) is 21.3 Å².